The van der Waals surface area contributed by atoms with Gasteiger partial charge in [-0.05, 0) is 43.5 Å². The first-order valence-electron chi connectivity index (χ1n) is 7.27. The molecule has 0 aliphatic carbocycles. The average molecular weight is 290 g/mol. The summed E-state index contributed by atoms with van der Waals surface area (Å²) in [5.74, 6) is 0.00857. The van der Waals surface area contributed by atoms with Crippen molar-refractivity contribution in [2.24, 2.45) is 0 Å². The van der Waals surface area contributed by atoms with Crippen LogP contribution in [-0.4, -0.2) is 41.4 Å². The normalized spacial score (nSPS) is 22.7. The Morgan fingerprint density at radius 1 is 1.62 bits per heavy atom. The summed E-state index contributed by atoms with van der Waals surface area (Å²) in [7, 11) is 0. The number of anilines is 1. The fraction of sp³-hybridized carbons (Fsp3) is 0.500. The minimum atomic E-state index is -0.954. The van der Waals surface area contributed by atoms with Crippen molar-refractivity contribution in [3.8, 4) is 0 Å². The van der Waals surface area contributed by atoms with E-state index in [-0.39, 0.29) is 6.10 Å². The minimum absolute atomic E-state index is 0.195. The maximum atomic E-state index is 10.6. The molecule has 1 aromatic heterocycles. The van der Waals surface area contributed by atoms with Gasteiger partial charge in [-0.3, -0.25) is 0 Å². The fourth-order valence-corrected chi connectivity index (χ4v) is 2.59. The molecule has 1 N–H and O–H groups in total. The molecule has 1 saturated heterocycles. The van der Waals surface area contributed by atoms with Gasteiger partial charge in [0, 0.05) is 18.8 Å². The van der Waals surface area contributed by atoms with Gasteiger partial charge < -0.3 is 14.7 Å². The van der Waals surface area contributed by atoms with Crippen molar-refractivity contribution in [3.05, 3.63) is 29.5 Å². The van der Waals surface area contributed by atoms with Crippen LogP contribution in [0.4, 0.5) is 5.82 Å². The second-order valence-corrected chi connectivity index (χ2v) is 5.44. The van der Waals surface area contributed by atoms with E-state index in [4.69, 9.17) is 9.84 Å². The number of aromatic nitrogens is 1. The third-order valence-electron chi connectivity index (χ3n) is 3.70. The number of morpholine rings is 1. The van der Waals surface area contributed by atoms with Gasteiger partial charge in [-0.2, -0.15) is 0 Å². The number of carboxylic acids is 1. The summed E-state index contributed by atoms with van der Waals surface area (Å²) in [5.41, 5.74) is 1.85. The number of rotatable bonds is 4. The Morgan fingerprint density at radius 3 is 3.00 bits per heavy atom. The van der Waals surface area contributed by atoms with Gasteiger partial charge in [0.25, 0.3) is 0 Å². The Balaban J connectivity index is 2.24. The van der Waals surface area contributed by atoms with Gasteiger partial charge in [0.15, 0.2) is 0 Å². The number of ether oxygens (including phenoxy) is 1. The smallest absolute Gasteiger partial charge is 0.328 e. The van der Waals surface area contributed by atoms with Gasteiger partial charge in [0.05, 0.1) is 18.8 Å². The molecule has 0 radical (unpaired) electrons. The highest BCUT2D eigenvalue weighted by atomic mass is 16.5. The van der Waals surface area contributed by atoms with Crippen molar-refractivity contribution in [2.75, 3.05) is 18.1 Å². The minimum Gasteiger partial charge on any atom is -0.478 e. The van der Waals surface area contributed by atoms with Gasteiger partial charge in [-0.25, -0.2) is 9.78 Å². The van der Waals surface area contributed by atoms with E-state index in [9.17, 15) is 4.79 Å². The van der Waals surface area contributed by atoms with Gasteiger partial charge in [-0.1, -0.05) is 6.92 Å². The number of pyridine rings is 1. The van der Waals surface area contributed by atoms with E-state index in [0.29, 0.717) is 6.04 Å². The summed E-state index contributed by atoms with van der Waals surface area (Å²) >= 11 is 0. The average Bonchev–Trinajstić information content (AvgIpc) is 2.45. The molecular formula is C16H22N2O3. The number of hydrogen-bond donors (Lipinski definition) is 1. The zero-order chi connectivity index (χ0) is 15.4. The SMILES string of the molecule is CCC1COC(C)CN1c1ncc(/C=C/C(=O)O)cc1C. The Labute approximate surface area is 125 Å². The molecule has 1 fully saturated rings. The molecule has 0 spiro atoms. The second-order valence-electron chi connectivity index (χ2n) is 5.44. The first-order valence-corrected chi connectivity index (χ1v) is 7.27. The number of aliphatic carboxylic acids is 1. The number of hydrogen-bond acceptors (Lipinski definition) is 4. The highest BCUT2D eigenvalue weighted by Crippen LogP contribution is 2.25. The number of carbonyl (C=O) groups is 1. The molecule has 2 atom stereocenters. The van der Waals surface area contributed by atoms with Crippen LogP contribution in [0.25, 0.3) is 6.08 Å². The molecule has 21 heavy (non-hydrogen) atoms. The molecule has 0 bridgehead atoms. The Bertz CT molecular complexity index is 542. The van der Waals surface area contributed by atoms with Gasteiger partial charge in [0.2, 0.25) is 0 Å². The monoisotopic (exact) mass is 290 g/mol. The molecule has 2 rings (SSSR count). The van der Waals surface area contributed by atoms with Gasteiger partial charge >= 0.3 is 5.97 Å². The summed E-state index contributed by atoms with van der Waals surface area (Å²) in [6.45, 7) is 7.78. The van der Waals surface area contributed by atoms with Crippen LogP contribution in [0.5, 0.6) is 0 Å². The summed E-state index contributed by atoms with van der Waals surface area (Å²) in [4.78, 5) is 17.4. The van der Waals surface area contributed by atoms with Crippen molar-refractivity contribution in [1.82, 2.24) is 4.98 Å². The second kappa shape index (κ2) is 6.72. The molecule has 0 saturated carbocycles. The van der Waals surface area contributed by atoms with E-state index in [0.717, 1.165) is 42.6 Å². The van der Waals surface area contributed by atoms with E-state index in [2.05, 4.69) is 23.7 Å². The Kier molecular flexibility index (Phi) is 4.96. The molecular weight excluding hydrogens is 268 g/mol. The van der Waals surface area contributed by atoms with Crippen LogP contribution in [0, 0.1) is 6.92 Å². The van der Waals surface area contributed by atoms with Crippen LogP contribution in [0.1, 0.15) is 31.4 Å². The molecule has 2 unspecified atom stereocenters. The molecule has 2 heterocycles. The van der Waals surface area contributed by atoms with Gasteiger partial charge in [-0.15, -0.1) is 0 Å². The maximum Gasteiger partial charge on any atom is 0.328 e. The van der Waals surface area contributed by atoms with Crippen LogP contribution in [0.15, 0.2) is 18.3 Å². The number of carboxylic acid groups (broad SMARTS) is 1. The van der Waals surface area contributed by atoms with Crippen molar-refractivity contribution in [2.45, 2.75) is 39.3 Å². The molecule has 1 aliphatic rings. The van der Waals surface area contributed by atoms with Crippen LogP contribution in [0.2, 0.25) is 0 Å². The third-order valence-corrected chi connectivity index (χ3v) is 3.70. The quantitative estimate of drug-likeness (QED) is 0.863. The highest BCUT2D eigenvalue weighted by Gasteiger charge is 2.27. The molecule has 0 aromatic carbocycles. The predicted molar refractivity (Wildman–Crippen MR) is 82.5 cm³/mol. The summed E-state index contributed by atoms with van der Waals surface area (Å²) < 4.78 is 5.72. The molecule has 0 amide bonds. The predicted octanol–water partition coefficient (Wildman–Crippen LogP) is 2.49. The summed E-state index contributed by atoms with van der Waals surface area (Å²) in [6.07, 6.45) is 5.61. The first-order chi connectivity index (χ1) is 10.0. The van der Waals surface area contributed by atoms with Crippen molar-refractivity contribution in [1.29, 1.82) is 0 Å². The number of nitrogens with zero attached hydrogens (tertiary/aromatic N) is 2. The zero-order valence-electron chi connectivity index (χ0n) is 12.7. The largest absolute Gasteiger partial charge is 0.478 e. The van der Waals surface area contributed by atoms with Gasteiger partial charge in [0.1, 0.15) is 5.82 Å². The topological polar surface area (TPSA) is 62.7 Å². The molecule has 1 aliphatic heterocycles. The van der Waals surface area contributed by atoms with Crippen LogP contribution in [0.3, 0.4) is 0 Å². The fourth-order valence-electron chi connectivity index (χ4n) is 2.59. The van der Waals surface area contributed by atoms with E-state index in [1.165, 1.54) is 0 Å². The third kappa shape index (κ3) is 3.82. The van der Waals surface area contributed by atoms with Crippen LogP contribution >= 0.6 is 0 Å². The first kappa shape index (κ1) is 15.5. The van der Waals surface area contributed by atoms with Crippen LogP contribution < -0.4 is 4.90 Å². The van der Waals surface area contributed by atoms with E-state index < -0.39 is 5.97 Å². The Hall–Kier alpha value is -1.88. The van der Waals surface area contributed by atoms with E-state index in [1.54, 1.807) is 12.3 Å². The molecule has 5 heteroatoms. The van der Waals surface area contributed by atoms with Crippen LogP contribution in [-0.2, 0) is 9.53 Å². The lowest BCUT2D eigenvalue weighted by Crippen LogP contribution is -2.49. The molecule has 5 nitrogen and oxygen atoms in total. The maximum absolute atomic E-state index is 10.6. The lowest BCUT2D eigenvalue weighted by atomic mass is 10.1. The Morgan fingerprint density at radius 2 is 2.38 bits per heavy atom. The lowest BCUT2D eigenvalue weighted by Gasteiger charge is -2.39. The molecule has 114 valence electrons. The van der Waals surface area contributed by atoms with Crippen molar-refractivity contribution in [3.63, 3.8) is 0 Å². The number of aryl methyl sites for hydroxylation is 1. The summed E-state index contributed by atoms with van der Waals surface area (Å²) in [5, 5.41) is 8.67. The van der Waals surface area contributed by atoms with E-state index >= 15 is 0 Å². The van der Waals surface area contributed by atoms with Crippen molar-refractivity contribution >= 4 is 17.9 Å². The zero-order valence-corrected chi connectivity index (χ0v) is 12.7. The van der Waals surface area contributed by atoms with Crippen molar-refractivity contribution < 1.29 is 14.6 Å². The standard InChI is InChI=1S/C16H22N2O3/c1-4-14-10-21-12(3)9-18(14)16-11(2)7-13(8-17-16)5-6-15(19)20/h5-8,12,14H,4,9-10H2,1-3H3,(H,19,20)/b6-5+. The summed E-state index contributed by atoms with van der Waals surface area (Å²) in [6, 6.07) is 2.31. The van der Waals surface area contributed by atoms with E-state index in [1.807, 2.05) is 13.0 Å². The molecule has 1 aromatic rings. The lowest BCUT2D eigenvalue weighted by molar-refractivity contribution is -0.131. The highest BCUT2D eigenvalue weighted by molar-refractivity contribution is 5.85.